The van der Waals surface area contributed by atoms with E-state index in [0.717, 1.165) is 16.9 Å². The third-order valence-corrected chi connectivity index (χ3v) is 7.04. The van der Waals surface area contributed by atoms with Gasteiger partial charge in [0, 0.05) is 23.4 Å². The molecule has 0 amide bonds. The predicted octanol–water partition coefficient (Wildman–Crippen LogP) is 5.00. The number of rotatable bonds is 7. The molecule has 1 aliphatic heterocycles. The van der Waals surface area contributed by atoms with Crippen molar-refractivity contribution in [2.45, 2.75) is 46.5 Å². The van der Waals surface area contributed by atoms with Gasteiger partial charge in [-0.2, -0.15) is 0 Å². The number of anilines is 1. The molecule has 4 rings (SSSR count). The van der Waals surface area contributed by atoms with Crippen molar-refractivity contribution in [3.8, 4) is 17.2 Å². The Kier molecular flexibility index (Phi) is 7.44. The number of esters is 1. The molecule has 2 aromatic rings. The maximum absolute atomic E-state index is 13.9. The molecule has 8 nitrogen and oxygen atoms in total. The first-order valence-corrected chi connectivity index (χ1v) is 12.7. The fourth-order valence-electron chi connectivity index (χ4n) is 5.48. The highest BCUT2D eigenvalue weighted by Gasteiger charge is 2.47. The number of allylic oxidation sites excluding steroid dienone is 2. The minimum absolute atomic E-state index is 0.0399. The molecule has 8 heteroatoms. The zero-order valence-electron chi connectivity index (χ0n) is 23.1. The molecule has 0 saturated carbocycles. The van der Waals surface area contributed by atoms with Gasteiger partial charge in [0.15, 0.2) is 17.3 Å². The summed E-state index contributed by atoms with van der Waals surface area (Å²) in [6.07, 6.45) is 0.935. The topological polar surface area (TPSA) is 100 Å². The van der Waals surface area contributed by atoms with Crippen LogP contribution < -0.4 is 24.8 Å². The van der Waals surface area contributed by atoms with Gasteiger partial charge in [-0.1, -0.05) is 26.0 Å². The number of carbonyl (C=O) groups excluding carboxylic acids is 2. The van der Waals surface area contributed by atoms with E-state index in [0.29, 0.717) is 41.2 Å². The quantitative estimate of drug-likeness (QED) is 0.509. The number of Topliss-reactive ketones (excluding diaryl/α,β-unsaturated/α-hetero) is 1. The number of carbonyl (C=O) groups is 2. The van der Waals surface area contributed by atoms with Crippen LogP contribution in [-0.2, 0) is 14.3 Å². The van der Waals surface area contributed by atoms with E-state index in [1.165, 1.54) is 21.3 Å². The van der Waals surface area contributed by atoms with Gasteiger partial charge in [-0.15, -0.1) is 0 Å². The van der Waals surface area contributed by atoms with Gasteiger partial charge in [0.25, 0.3) is 0 Å². The number of benzene rings is 2. The highest BCUT2D eigenvalue weighted by molar-refractivity contribution is 6.05. The Hall–Kier alpha value is -3.94. The second-order valence-electron chi connectivity index (χ2n) is 10.4. The Morgan fingerprint density at radius 1 is 1.05 bits per heavy atom. The molecule has 202 valence electrons. The van der Waals surface area contributed by atoms with Crippen LogP contribution in [0.4, 0.5) is 5.69 Å². The smallest absolute Gasteiger partial charge is 0.338 e. The van der Waals surface area contributed by atoms with Crippen LogP contribution in [0.25, 0.3) is 0 Å². The van der Waals surface area contributed by atoms with Crippen LogP contribution in [0.15, 0.2) is 59.1 Å². The predicted molar refractivity (Wildman–Crippen MR) is 145 cm³/mol. The molecule has 1 aliphatic carbocycles. The van der Waals surface area contributed by atoms with Crippen molar-refractivity contribution in [2.75, 3.05) is 32.8 Å². The lowest BCUT2D eigenvalue weighted by molar-refractivity contribution is -0.138. The van der Waals surface area contributed by atoms with Gasteiger partial charge in [-0.3, -0.25) is 9.69 Å². The lowest BCUT2D eigenvalue weighted by Gasteiger charge is -2.44. The molecule has 0 bridgehead atoms. The third-order valence-electron chi connectivity index (χ3n) is 7.04. The molecule has 0 saturated heterocycles. The van der Waals surface area contributed by atoms with Crippen LogP contribution in [0.2, 0.25) is 0 Å². The van der Waals surface area contributed by atoms with Crippen LogP contribution in [0.1, 0.15) is 50.7 Å². The van der Waals surface area contributed by atoms with Crippen molar-refractivity contribution in [3.05, 3.63) is 70.2 Å². The lowest BCUT2D eigenvalue weighted by atomic mass is 9.68. The molecular weight excluding hydrogens is 484 g/mol. The summed E-state index contributed by atoms with van der Waals surface area (Å²) in [5.41, 5.74) is 10.5. The summed E-state index contributed by atoms with van der Waals surface area (Å²) in [4.78, 5) is 29.4. The summed E-state index contributed by atoms with van der Waals surface area (Å²) in [5.74, 6) is 0.0777. The molecule has 1 unspecified atom stereocenters. The van der Waals surface area contributed by atoms with Crippen molar-refractivity contribution >= 4 is 17.4 Å². The monoisotopic (exact) mass is 520 g/mol. The minimum atomic E-state index is -0.776. The van der Waals surface area contributed by atoms with Crippen LogP contribution in [0.3, 0.4) is 0 Å². The van der Waals surface area contributed by atoms with Gasteiger partial charge in [0.2, 0.25) is 5.75 Å². The Balaban J connectivity index is 2.08. The van der Waals surface area contributed by atoms with Gasteiger partial charge in [0.05, 0.1) is 39.4 Å². The summed E-state index contributed by atoms with van der Waals surface area (Å²) in [7, 11) is 4.57. The van der Waals surface area contributed by atoms with Crippen LogP contribution in [0, 0.1) is 12.3 Å². The summed E-state index contributed by atoms with van der Waals surface area (Å²) in [5, 5.41) is 0. The Morgan fingerprint density at radius 2 is 1.71 bits per heavy atom. The van der Waals surface area contributed by atoms with Crippen molar-refractivity contribution in [1.29, 1.82) is 0 Å². The first-order valence-electron chi connectivity index (χ1n) is 12.7. The van der Waals surface area contributed by atoms with E-state index >= 15 is 0 Å². The maximum Gasteiger partial charge on any atom is 0.338 e. The van der Waals surface area contributed by atoms with Crippen LogP contribution in [0.5, 0.6) is 17.2 Å². The fraction of sp³-hybridized carbons (Fsp3) is 0.400. The van der Waals surface area contributed by atoms with Gasteiger partial charge < -0.3 is 24.7 Å². The maximum atomic E-state index is 13.9. The number of hydrogen-bond donors (Lipinski definition) is 1. The molecule has 0 fully saturated rings. The van der Waals surface area contributed by atoms with E-state index in [4.69, 9.17) is 24.7 Å². The van der Waals surface area contributed by atoms with E-state index in [-0.39, 0.29) is 29.2 Å². The first kappa shape index (κ1) is 27.1. The zero-order valence-corrected chi connectivity index (χ0v) is 23.1. The molecule has 1 heterocycles. The summed E-state index contributed by atoms with van der Waals surface area (Å²) < 4.78 is 22.2. The average Bonchev–Trinajstić information content (AvgIpc) is 2.86. The number of nitrogens with zero attached hydrogens (tertiary/aromatic N) is 1. The number of ketones is 1. The summed E-state index contributed by atoms with van der Waals surface area (Å²) in [6.45, 7) is 8.03. The average molecular weight is 521 g/mol. The number of hydrogen-bond acceptors (Lipinski definition) is 8. The van der Waals surface area contributed by atoms with Crippen molar-refractivity contribution < 1.29 is 28.5 Å². The molecule has 0 spiro atoms. The second-order valence-corrected chi connectivity index (χ2v) is 10.4. The zero-order chi connectivity index (χ0) is 27.8. The van der Waals surface area contributed by atoms with Crippen molar-refractivity contribution in [2.24, 2.45) is 11.1 Å². The molecule has 2 aliphatic rings. The highest BCUT2D eigenvalue weighted by atomic mass is 16.5. The normalized spacial score (nSPS) is 18.8. The Labute approximate surface area is 224 Å². The molecule has 38 heavy (non-hydrogen) atoms. The van der Waals surface area contributed by atoms with E-state index in [1.54, 1.807) is 19.1 Å². The Bertz CT molecular complexity index is 1310. The second kappa shape index (κ2) is 10.4. The fourth-order valence-corrected chi connectivity index (χ4v) is 5.48. The number of nitrogens with two attached hydrogens (primary N) is 1. The largest absolute Gasteiger partial charge is 0.493 e. The van der Waals surface area contributed by atoms with Crippen molar-refractivity contribution in [1.82, 2.24) is 0 Å². The summed E-state index contributed by atoms with van der Waals surface area (Å²) in [6, 6.07) is 11.4. The van der Waals surface area contributed by atoms with E-state index in [1.807, 2.05) is 36.1 Å². The van der Waals surface area contributed by atoms with E-state index in [2.05, 4.69) is 13.8 Å². The van der Waals surface area contributed by atoms with Crippen LogP contribution >= 0.6 is 0 Å². The SMILES string of the molecule is CCOC(=O)C1=C(N)N(c2cccc(C)c2)C2=C(C(=O)CC(C)(C)C2)C1c1cc(OC)c(OC)c(OC)c1. The van der Waals surface area contributed by atoms with E-state index < -0.39 is 11.9 Å². The molecule has 0 aromatic heterocycles. The van der Waals surface area contributed by atoms with E-state index in [9.17, 15) is 9.59 Å². The molecular formula is C30H36N2O6. The summed E-state index contributed by atoms with van der Waals surface area (Å²) >= 11 is 0. The number of methoxy groups -OCH3 is 3. The molecule has 1 atom stereocenters. The molecule has 0 radical (unpaired) electrons. The van der Waals surface area contributed by atoms with Gasteiger partial charge in [0.1, 0.15) is 5.82 Å². The Morgan fingerprint density at radius 3 is 2.26 bits per heavy atom. The number of aryl methyl sites for hydroxylation is 1. The third kappa shape index (κ3) is 4.71. The first-order chi connectivity index (χ1) is 18.1. The number of ether oxygens (including phenoxy) is 4. The van der Waals surface area contributed by atoms with Gasteiger partial charge in [-0.25, -0.2) is 4.79 Å². The van der Waals surface area contributed by atoms with Crippen molar-refractivity contribution in [3.63, 3.8) is 0 Å². The lowest BCUT2D eigenvalue weighted by Crippen LogP contribution is -2.43. The van der Waals surface area contributed by atoms with Gasteiger partial charge >= 0.3 is 5.97 Å². The standard InChI is InChI=1S/C30H36N2O6/c1-8-38-29(34)26-24(18-13-22(35-5)27(37-7)23(14-18)36-6)25-20(15-30(3,4)16-21(25)33)32(28(26)31)19-11-9-10-17(2)12-19/h9-14,24H,8,15-16,31H2,1-7H3. The highest BCUT2D eigenvalue weighted by Crippen LogP contribution is 2.52. The van der Waals surface area contributed by atoms with Crippen LogP contribution in [-0.4, -0.2) is 39.7 Å². The van der Waals surface area contributed by atoms with Gasteiger partial charge in [-0.05, 0) is 61.1 Å². The minimum Gasteiger partial charge on any atom is -0.493 e. The molecule has 2 N–H and O–H groups in total. The molecule has 2 aromatic carbocycles.